The van der Waals surface area contributed by atoms with Crippen molar-refractivity contribution < 1.29 is 12.8 Å². The summed E-state index contributed by atoms with van der Waals surface area (Å²) in [6, 6.07) is 10.8. The van der Waals surface area contributed by atoms with Crippen LogP contribution in [0.15, 0.2) is 53.7 Å². The Kier molecular flexibility index (Phi) is 4.60. The number of primary sulfonamides is 1. The average molecular weight is 438 g/mol. The zero-order valence-electron chi connectivity index (χ0n) is 16.8. The molecule has 0 bridgehead atoms. The molecular weight excluding hydrogens is 417 g/mol. The molecule has 0 aliphatic heterocycles. The summed E-state index contributed by atoms with van der Waals surface area (Å²) >= 11 is 0. The number of pyridine rings is 2. The first-order valence-electron chi connectivity index (χ1n) is 9.91. The van der Waals surface area contributed by atoms with Crippen LogP contribution < -0.4 is 5.14 Å². The Morgan fingerprint density at radius 2 is 1.90 bits per heavy atom. The van der Waals surface area contributed by atoms with Gasteiger partial charge in [-0.2, -0.15) is 0 Å². The molecular formula is C22H20FN5O2S. The van der Waals surface area contributed by atoms with Gasteiger partial charge in [-0.25, -0.2) is 22.9 Å². The van der Waals surface area contributed by atoms with Crippen molar-refractivity contribution in [1.82, 2.24) is 19.5 Å². The number of hydrogen-bond acceptors (Lipinski definition) is 5. The summed E-state index contributed by atoms with van der Waals surface area (Å²) in [5, 5.41) is 5.10. The lowest BCUT2D eigenvalue weighted by molar-refractivity contribution is 0.571. The molecule has 0 spiro atoms. The Labute approximate surface area is 178 Å². The maximum Gasteiger partial charge on any atom is 0.239 e. The van der Waals surface area contributed by atoms with Crippen LogP contribution in [0, 0.1) is 12.7 Å². The summed E-state index contributed by atoms with van der Waals surface area (Å²) < 4.78 is 39.8. The van der Waals surface area contributed by atoms with E-state index in [0.29, 0.717) is 5.92 Å². The number of nitrogens with two attached hydrogens (primary N) is 1. The second kappa shape index (κ2) is 7.21. The van der Waals surface area contributed by atoms with Gasteiger partial charge in [0.1, 0.15) is 22.1 Å². The zero-order chi connectivity index (χ0) is 21.8. The van der Waals surface area contributed by atoms with Gasteiger partial charge in [0.2, 0.25) is 10.0 Å². The molecule has 158 valence electrons. The van der Waals surface area contributed by atoms with Crippen molar-refractivity contribution in [1.29, 1.82) is 0 Å². The van der Waals surface area contributed by atoms with Gasteiger partial charge >= 0.3 is 0 Å². The Morgan fingerprint density at radius 3 is 2.55 bits per heavy atom. The Bertz CT molecular complexity index is 1410. The van der Waals surface area contributed by atoms with Gasteiger partial charge in [-0.1, -0.05) is 30.3 Å². The number of aryl methyl sites for hydroxylation is 1. The van der Waals surface area contributed by atoms with E-state index in [9.17, 15) is 12.8 Å². The van der Waals surface area contributed by atoms with Gasteiger partial charge in [0.15, 0.2) is 0 Å². The van der Waals surface area contributed by atoms with Gasteiger partial charge < -0.3 is 4.57 Å². The monoisotopic (exact) mass is 437 g/mol. The summed E-state index contributed by atoms with van der Waals surface area (Å²) in [6.07, 6.45) is 4.88. The van der Waals surface area contributed by atoms with Gasteiger partial charge in [0, 0.05) is 23.4 Å². The number of imidazole rings is 1. The van der Waals surface area contributed by atoms with E-state index in [1.807, 2.05) is 41.8 Å². The zero-order valence-corrected chi connectivity index (χ0v) is 17.6. The fourth-order valence-corrected chi connectivity index (χ4v) is 4.34. The lowest BCUT2D eigenvalue weighted by Gasteiger charge is -2.14. The minimum absolute atomic E-state index is 0.127. The Hall–Kier alpha value is -3.17. The molecule has 0 atom stereocenters. The highest BCUT2D eigenvalue weighted by Crippen LogP contribution is 2.42. The van der Waals surface area contributed by atoms with Crippen LogP contribution in [0.4, 0.5) is 4.39 Å². The van der Waals surface area contributed by atoms with Crippen LogP contribution in [0.5, 0.6) is 0 Å². The molecule has 4 aromatic rings. The van der Waals surface area contributed by atoms with Crippen LogP contribution >= 0.6 is 0 Å². The van der Waals surface area contributed by atoms with Gasteiger partial charge in [0.25, 0.3) is 0 Å². The molecule has 0 saturated heterocycles. The van der Waals surface area contributed by atoms with Crippen LogP contribution in [0.2, 0.25) is 0 Å². The van der Waals surface area contributed by atoms with Gasteiger partial charge in [-0.3, -0.25) is 9.97 Å². The van der Waals surface area contributed by atoms with E-state index in [0.717, 1.165) is 58.8 Å². The van der Waals surface area contributed by atoms with Crippen LogP contribution in [-0.4, -0.2) is 27.9 Å². The highest BCUT2D eigenvalue weighted by Gasteiger charge is 2.31. The number of benzene rings is 1. The molecule has 2 N–H and O–H groups in total. The highest BCUT2D eigenvalue weighted by atomic mass is 32.2. The number of rotatable bonds is 5. The average Bonchev–Trinajstić information content (AvgIpc) is 3.52. The number of hydrogen-bond donors (Lipinski definition) is 1. The van der Waals surface area contributed by atoms with Crippen molar-refractivity contribution in [3.63, 3.8) is 0 Å². The fraction of sp³-hybridized carbons (Fsp3) is 0.227. The van der Waals surface area contributed by atoms with E-state index in [4.69, 9.17) is 10.1 Å². The normalized spacial score (nSPS) is 14.3. The van der Waals surface area contributed by atoms with E-state index in [1.54, 1.807) is 6.20 Å². The molecule has 1 aliphatic carbocycles. The van der Waals surface area contributed by atoms with Crippen molar-refractivity contribution in [3.8, 4) is 11.1 Å². The lowest BCUT2D eigenvalue weighted by atomic mass is 10.0. The summed E-state index contributed by atoms with van der Waals surface area (Å²) in [6.45, 7) is 2.07. The predicted molar refractivity (Wildman–Crippen MR) is 114 cm³/mol. The van der Waals surface area contributed by atoms with E-state index < -0.39 is 15.8 Å². The molecule has 3 aromatic heterocycles. The van der Waals surface area contributed by atoms with Crippen LogP contribution in [-0.2, 0) is 16.6 Å². The minimum atomic E-state index is -4.03. The second-order valence-corrected chi connectivity index (χ2v) is 9.35. The van der Waals surface area contributed by atoms with E-state index in [-0.39, 0.29) is 17.1 Å². The number of sulfonamides is 1. The summed E-state index contributed by atoms with van der Waals surface area (Å²) in [7, 11) is -4.03. The molecule has 1 aromatic carbocycles. The third-order valence-electron chi connectivity index (χ3n) is 5.54. The molecule has 3 heterocycles. The number of fused-ring (bicyclic) bond motifs is 1. The highest BCUT2D eigenvalue weighted by molar-refractivity contribution is 7.89. The molecule has 31 heavy (non-hydrogen) atoms. The molecule has 0 radical (unpaired) electrons. The topological polar surface area (TPSA) is 104 Å². The van der Waals surface area contributed by atoms with Crippen LogP contribution in [0.3, 0.4) is 0 Å². The molecule has 0 amide bonds. The molecule has 1 fully saturated rings. The predicted octanol–water partition coefficient (Wildman–Crippen LogP) is 3.51. The van der Waals surface area contributed by atoms with Gasteiger partial charge in [0.05, 0.1) is 24.0 Å². The lowest BCUT2D eigenvalue weighted by Crippen LogP contribution is -2.14. The van der Waals surface area contributed by atoms with E-state index >= 15 is 0 Å². The van der Waals surface area contributed by atoms with Crippen molar-refractivity contribution in [2.24, 2.45) is 5.14 Å². The van der Waals surface area contributed by atoms with Crippen molar-refractivity contribution in [3.05, 3.63) is 71.8 Å². The van der Waals surface area contributed by atoms with E-state index in [1.165, 1.54) is 0 Å². The van der Waals surface area contributed by atoms with Crippen molar-refractivity contribution in [2.75, 3.05) is 0 Å². The number of nitrogens with zero attached hydrogens (tertiary/aromatic N) is 4. The first-order valence-corrected chi connectivity index (χ1v) is 11.5. The maximum atomic E-state index is 14.8. The Morgan fingerprint density at radius 1 is 1.16 bits per heavy atom. The van der Waals surface area contributed by atoms with Crippen LogP contribution in [0.1, 0.15) is 36.0 Å². The first-order chi connectivity index (χ1) is 14.8. The minimum Gasteiger partial charge on any atom is -0.321 e. The third-order valence-corrected chi connectivity index (χ3v) is 6.42. The Balaban J connectivity index is 1.71. The first kappa shape index (κ1) is 19.8. The van der Waals surface area contributed by atoms with E-state index in [2.05, 4.69) is 9.97 Å². The van der Waals surface area contributed by atoms with Crippen molar-refractivity contribution in [2.45, 2.75) is 37.1 Å². The summed E-state index contributed by atoms with van der Waals surface area (Å²) in [4.78, 5) is 13.1. The molecule has 1 aliphatic rings. The molecule has 0 unspecified atom stereocenters. The molecule has 9 heteroatoms. The molecule has 7 nitrogen and oxygen atoms in total. The number of aromatic nitrogens is 4. The standard InChI is InChI=1S/C22H20FN5O2S/c1-13-20(14-5-3-2-4-6-14)21-18(11-25-13)27-22(15-7-8-15)28(21)12-19-17(23)9-16(10-26-19)31(24,29)30/h2-6,9-11,15H,7-8,12H2,1H3,(H2,24,29,30). The summed E-state index contributed by atoms with van der Waals surface area (Å²) in [5.74, 6) is 0.460. The molecule has 5 rings (SSSR count). The van der Waals surface area contributed by atoms with Crippen molar-refractivity contribution >= 4 is 21.1 Å². The third kappa shape index (κ3) is 3.60. The quantitative estimate of drug-likeness (QED) is 0.515. The van der Waals surface area contributed by atoms with Crippen LogP contribution in [0.25, 0.3) is 22.2 Å². The fourth-order valence-electron chi connectivity index (χ4n) is 3.87. The van der Waals surface area contributed by atoms with Gasteiger partial charge in [-0.05, 0) is 31.4 Å². The largest absolute Gasteiger partial charge is 0.321 e. The van der Waals surface area contributed by atoms with Gasteiger partial charge in [-0.15, -0.1) is 0 Å². The smallest absolute Gasteiger partial charge is 0.239 e. The SMILES string of the molecule is Cc1ncc2nc(C3CC3)n(Cc3ncc(S(N)(=O)=O)cc3F)c2c1-c1ccccc1. The summed E-state index contributed by atoms with van der Waals surface area (Å²) in [5.41, 5.74) is 4.53. The second-order valence-electron chi connectivity index (χ2n) is 7.79. The number of halogens is 1. The maximum absolute atomic E-state index is 14.8. The molecule has 1 saturated carbocycles.